The quantitative estimate of drug-likeness (QED) is 0.308. The van der Waals surface area contributed by atoms with Gasteiger partial charge in [0.2, 0.25) is 5.91 Å². The monoisotopic (exact) mass is 253 g/mol. The number of carbonyl (C=O) groups is 1. The molecule has 1 amide bonds. The van der Waals surface area contributed by atoms with E-state index in [2.05, 4.69) is 17.4 Å². The number of amides is 1. The predicted molar refractivity (Wildman–Crippen MR) is 69.3 cm³/mol. The molecule has 0 aromatic carbocycles. The van der Waals surface area contributed by atoms with Gasteiger partial charge in [-0.2, -0.15) is 0 Å². The molecule has 5 heteroatoms. The molecule has 2 rings (SSSR count). The SMILES string of the molecule is CC1(CNC(=O)C2(C(N)=NO)CCC2)CCCC1. The van der Waals surface area contributed by atoms with Crippen molar-refractivity contribution in [2.45, 2.75) is 51.9 Å². The molecule has 0 heterocycles. The molecule has 0 radical (unpaired) electrons. The zero-order valence-corrected chi connectivity index (χ0v) is 11.0. The first-order chi connectivity index (χ1) is 8.52. The predicted octanol–water partition coefficient (Wildman–Crippen LogP) is 1.60. The van der Waals surface area contributed by atoms with Crippen molar-refractivity contribution >= 4 is 11.7 Å². The summed E-state index contributed by atoms with van der Waals surface area (Å²) in [5, 5.41) is 14.8. The number of oxime groups is 1. The summed E-state index contributed by atoms with van der Waals surface area (Å²) >= 11 is 0. The van der Waals surface area contributed by atoms with Gasteiger partial charge in [-0.05, 0) is 31.1 Å². The standard InChI is InChI=1S/C13H23N3O2/c1-12(5-2-3-6-12)9-15-11(17)13(7-4-8-13)10(14)16-18/h18H,2-9H2,1H3,(H2,14,16)(H,15,17). The third-order valence-corrected chi connectivity index (χ3v) is 4.73. The number of hydrogen-bond donors (Lipinski definition) is 3. The van der Waals surface area contributed by atoms with Crippen LogP contribution in [0.1, 0.15) is 51.9 Å². The van der Waals surface area contributed by atoms with Crippen molar-refractivity contribution in [3.8, 4) is 0 Å². The normalized spacial score (nSPS) is 25.5. The molecule has 0 saturated heterocycles. The van der Waals surface area contributed by atoms with E-state index in [9.17, 15) is 4.79 Å². The highest BCUT2D eigenvalue weighted by molar-refractivity contribution is 6.07. The van der Waals surface area contributed by atoms with Crippen molar-refractivity contribution in [1.82, 2.24) is 5.32 Å². The van der Waals surface area contributed by atoms with E-state index < -0.39 is 5.41 Å². The molecule has 18 heavy (non-hydrogen) atoms. The molecular weight excluding hydrogens is 230 g/mol. The molecule has 0 aromatic rings. The van der Waals surface area contributed by atoms with Crippen LogP contribution in [0.25, 0.3) is 0 Å². The molecule has 0 atom stereocenters. The van der Waals surface area contributed by atoms with Crippen LogP contribution in [0.3, 0.4) is 0 Å². The number of rotatable bonds is 4. The second kappa shape index (κ2) is 4.78. The molecule has 4 N–H and O–H groups in total. The van der Waals surface area contributed by atoms with E-state index in [0.717, 1.165) is 6.42 Å². The molecule has 2 saturated carbocycles. The topological polar surface area (TPSA) is 87.7 Å². The van der Waals surface area contributed by atoms with Gasteiger partial charge in [0, 0.05) is 6.54 Å². The van der Waals surface area contributed by atoms with Gasteiger partial charge in [0.15, 0.2) is 5.84 Å². The summed E-state index contributed by atoms with van der Waals surface area (Å²) < 4.78 is 0. The lowest BCUT2D eigenvalue weighted by Gasteiger charge is -2.39. The molecule has 0 spiro atoms. The number of carbonyl (C=O) groups excluding carboxylic acids is 1. The number of amidine groups is 1. The second-order valence-electron chi connectivity index (χ2n) is 6.12. The molecule has 2 aliphatic rings. The average Bonchev–Trinajstić information content (AvgIpc) is 2.72. The fraction of sp³-hybridized carbons (Fsp3) is 0.846. The van der Waals surface area contributed by atoms with E-state index in [0.29, 0.717) is 19.4 Å². The van der Waals surface area contributed by atoms with Gasteiger partial charge < -0.3 is 16.3 Å². The van der Waals surface area contributed by atoms with Crippen LogP contribution < -0.4 is 11.1 Å². The Balaban J connectivity index is 1.95. The highest BCUT2D eigenvalue weighted by Gasteiger charge is 2.48. The maximum Gasteiger partial charge on any atom is 0.233 e. The summed E-state index contributed by atoms with van der Waals surface area (Å²) in [5.74, 6) is -0.0139. The van der Waals surface area contributed by atoms with Gasteiger partial charge in [0.25, 0.3) is 0 Å². The maximum atomic E-state index is 12.3. The van der Waals surface area contributed by atoms with Crippen molar-refractivity contribution < 1.29 is 10.0 Å². The molecule has 0 aliphatic heterocycles. The van der Waals surface area contributed by atoms with Crippen molar-refractivity contribution in [3.05, 3.63) is 0 Å². The van der Waals surface area contributed by atoms with Crippen molar-refractivity contribution in [2.75, 3.05) is 6.54 Å². The minimum atomic E-state index is -0.746. The van der Waals surface area contributed by atoms with E-state index >= 15 is 0 Å². The van der Waals surface area contributed by atoms with Crippen molar-refractivity contribution in [2.24, 2.45) is 21.7 Å². The lowest BCUT2D eigenvalue weighted by molar-refractivity contribution is -0.131. The number of nitrogens with two attached hydrogens (primary N) is 1. The van der Waals surface area contributed by atoms with Gasteiger partial charge in [-0.1, -0.05) is 31.3 Å². The molecular formula is C13H23N3O2. The first-order valence-corrected chi connectivity index (χ1v) is 6.79. The Bertz CT molecular complexity index is 355. The first-order valence-electron chi connectivity index (χ1n) is 6.79. The summed E-state index contributed by atoms with van der Waals surface area (Å²) in [5.41, 5.74) is 5.15. The smallest absolute Gasteiger partial charge is 0.233 e. The van der Waals surface area contributed by atoms with Crippen LogP contribution in [0.5, 0.6) is 0 Å². The van der Waals surface area contributed by atoms with E-state index in [1.54, 1.807) is 0 Å². The van der Waals surface area contributed by atoms with Crippen LogP contribution in [-0.2, 0) is 4.79 Å². The molecule has 0 aromatic heterocycles. The molecule has 102 valence electrons. The van der Waals surface area contributed by atoms with Crippen LogP contribution in [0.15, 0.2) is 5.16 Å². The Labute approximate surface area is 108 Å². The molecule has 5 nitrogen and oxygen atoms in total. The zero-order chi connectivity index (χ0) is 13.2. The van der Waals surface area contributed by atoms with Gasteiger partial charge in [0.05, 0.1) is 0 Å². The Morgan fingerprint density at radius 2 is 1.89 bits per heavy atom. The summed E-state index contributed by atoms with van der Waals surface area (Å²) in [6.07, 6.45) is 7.17. The van der Waals surface area contributed by atoms with Gasteiger partial charge in [-0.15, -0.1) is 0 Å². The van der Waals surface area contributed by atoms with Crippen molar-refractivity contribution in [3.63, 3.8) is 0 Å². The van der Waals surface area contributed by atoms with Crippen LogP contribution in [-0.4, -0.2) is 23.5 Å². The molecule has 0 bridgehead atoms. The van der Waals surface area contributed by atoms with Crippen LogP contribution in [0, 0.1) is 10.8 Å². The summed E-state index contributed by atoms with van der Waals surface area (Å²) in [6.45, 7) is 2.92. The molecule has 2 fully saturated rings. The van der Waals surface area contributed by atoms with Gasteiger partial charge >= 0.3 is 0 Å². The zero-order valence-electron chi connectivity index (χ0n) is 11.0. The summed E-state index contributed by atoms with van der Waals surface area (Å²) in [7, 11) is 0. The Morgan fingerprint density at radius 3 is 2.33 bits per heavy atom. The largest absolute Gasteiger partial charge is 0.409 e. The number of hydrogen-bond acceptors (Lipinski definition) is 3. The van der Waals surface area contributed by atoms with Crippen LogP contribution in [0.4, 0.5) is 0 Å². The first kappa shape index (κ1) is 13.2. The van der Waals surface area contributed by atoms with Gasteiger partial charge in [-0.3, -0.25) is 4.79 Å². The summed E-state index contributed by atoms with van der Waals surface area (Å²) in [6, 6.07) is 0. The number of nitrogens with zero attached hydrogens (tertiary/aromatic N) is 1. The van der Waals surface area contributed by atoms with Gasteiger partial charge in [-0.25, -0.2) is 0 Å². The summed E-state index contributed by atoms with van der Waals surface area (Å²) in [4.78, 5) is 12.3. The van der Waals surface area contributed by atoms with Gasteiger partial charge in [0.1, 0.15) is 5.41 Å². The Morgan fingerprint density at radius 1 is 1.28 bits per heavy atom. The molecule has 2 aliphatic carbocycles. The molecule has 0 unspecified atom stereocenters. The third-order valence-electron chi connectivity index (χ3n) is 4.73. The highest BCUT2D eigenvalue weighted by Crippen LogP contribution is 2.42. The van der Waals surface area contributed by atoms with E-state index in [1.807, 2.05) is 0 Å². The van der Waals surface area contributed by atoms with E-state index in [1.165, 1.54) is 25.7 Å². The minimum Gasteiger partial charge on any atom is -0.409 e. The van der Waals surface area contributed by atoms with Crippen molar-refractivity contribution in [1.29, 1.82) is 0 Å². The fourth-order valence-corrected chi connectivity index (χ4v) is 3.09. The fourth-order valence-electron chi connectivity index (χ4n) is 3.09. The minimum absolute atomic E-state index is 0.0582. The van der Waals surface area contributed by atoms with Crippen LogP contribution in [0.2, 0.25) is 0 Å². The average molecular weight is 253 g/mol. The Kier molecular flexibility index (Phi) is 3.50. The van der Waals surface area contributed by atoms with E-state index in [4.69, 9.17) is 10.9 Å². The lowest BCUT2D eigenvalue weighted by atomic mass is 9.67. The highest BCUT2D eigenvalue weighted by atomic mass is 16.4. The number of nitrogens with one attached hydrogen (secondary N) is 1. The second-order valence-corrected chi connectivity index (χ2v) is 6.12. The third kappa shape index (κ3) is 2.18. The van der Waals surface area contributed by atoms with Crippen LogP contribution >= 0.6 is 0 Å². The maximum absolute atomic E-state index is 12.3. The van der Waals surface area contributed by atoms with E-state index in [-0.39, 0.29) is 17.2 Å². The lowest BCUT2D eigenvalue weighted by Crippen LogP contribution is -2.55. The Hall–Kier alpha value is -1.26.